The Kier molecular flexibility index (Phi) is 7.76. The van der Waals surface area contributed by atoms with Gasteiger partial charge in [0.15, 0.2) is 23.1 Å². The van der Waals surface area contributed by atoms with Crippen molar-refractivity contribution < 1.29 is 19.1 Å². The fraction of sp³-hybridized carbons (Fsp3) is 0.346. The van der Waals surface area contributed by atoms with Crippen LogP contribution < -0.4 is 9.47 Å². The SMILES string of the molecule is CCCC(=O)c1cc2ccccc2nc1CC.CCCC(=O)c1ccc2c(c1)OCO2. The number of aryl methyl sites for hydroxylation is 1. The molecule has 0 fully saturated rings. The first-order valence-corrected chi connectivity index (χ1v) is 10.9. The molecule has 0 saturated carbocycles. The van der Waals surface area contributed by atoms with Gasteiger partial charge in [0.2, 0.25) is 6.79 Å². The number of carbonyl (C=O) groups excluding carboxylic acids is 2. The number of aromatic nitrogens is 1. The van der Waals surface area contributed by atoms with Crippen LogP contribution in [0.4, 0.5) is 0 Å². The van der Waals surface area contributed by atoms with E-state index in [1.54, 1.807) is 18.2 Å². The van der Waals surface area contributed by atoms with Crippen molar-refractivity contribution in [2.75, 3.05) is 6.79 Å². The topological polar surface area (TPSA) is 65.5 Å². The smallest absolute Gasteiger partial charge is 0.231 e. The molecule has 5 nitrogen and oxygen atoms in total. The highest BCUT2D eigenvalue weighted by Gasteiger charge is 2.15. The summed E-state index contributed by atoms with van der Waals surface area (Å²) in [4.78, 5) is 28.2. The second-order valence-electron chi connectivity index (χ2n) is 7.44. The molecule has 162 valence electrons. The van der Waals surface area contributed by atoms with Crippen LogP contribution in [0.3, 0.4) is 0 Å². The average Bonchev–Trinajstić information content (AvgIpc) is 3.27. The number of ketones is 2. The Hall–Kier alpha value is -3.21. The highest BCUT2D eigenvalue weighted by atomic mass is 16.7. The molecule has 0 aliphatic carbocycles. The molecule has 1 aliphatic heterocycles. The maximum absolute atomic E-state index is 12.0. The maximum Gasteiger partial charge on any atom is 0.231 e. The Morgan fingerprint density at radius 2 is 1.58 bits per heavy atom. The number of hydrogen-bond donors (Lipinski definition) is 0. The number of ether oxygens (including phenoxy) is 2. The summed E-state index contributed by atoms with van der Waals surface area (Å²) in [5.41, 5.74) is 3.39. The highest BCUT2D eigenvalue weighted by molar-refractivity contribution is 6.00. The van der Waals surface area contributed by atoms with Gasteiger partial charge in [0, 0.05) is 29.4 Å². The number of pyridine rings is 1. The van der Waals surface area contributed by atoms with Gasteiger partial charge in [0.05, 0.1) is 11.2 Å². The molecule has 0 unspecified atom stereocenters. The minimum Gasteiger partial charge on any atom is -0.454 e. The van der Waals surface area contributed by atoms with Gasteiger partial charge >= 0.3 is 0 Å². The second kappa shape index (κ2) is 10.7. The molecule has 0 bridgehead atoms. The lowest BCUT2D eigenvalue weighted by Crippen LogP contribution is -2.05. The molecule has 0 amide bonds. The van der Waals surface area contributed by atoms with E-state index in [-0.39, 0.29) is 18.4 Å². The molecule has 0 atom stereocenters. The third kappa shape index (κ3) is 5.48. The number of para-hydroxylation sites is 1. The van der Waals surface area contributed by atoms with Crippen molar-refractivity contribution in [1.82, 2.24) is 4.98 Å². The number of rotatable bonds is 7. The van der Waals surface area contributed by atoms with Crippen LogP contribution in [-0.2, 0) is 6.42 Å². The van der Waals surface area contributed by atoms with Gasteiger partial charge in [-0.25, -0.2) is 0 Å². The summed E-state index contributed by atoms with van der Waals surface area (Å²) in [7, 11) is 0. The summed E-state index contributed by atoms with van der Waals surface area (Å²) in [6.07, 6.45) is 3.74. The van der Waals surface area contributed by atoms with Crippen LogP contribution in [0.1, 0.15) is 72.9 Å². The standard InChI is InChI=1S/C15H17NO.C11H12O3/c1-3-7-15(17)12-10-11-8-5-6-9-14(11)16-13(12)4-2;1-2-3-9(12)8-4-5-10-11(6-8)14-7-13-10/h5-6,8-10H,3-4,7H2,1-2H3;4-6H,2-3,7H2,1H3. The van der Waals surface area contributed by atoms with E-state index in [4.69, 9.17) is 9.47 Å². The Labute approximate surface area is 183 Å². The van der Waals surface area contributed by atoms with Gasteiger partial charge in [0.25, 0.3) is 0 Å². The van der Waals surface area contributed by atoms with Crippen LogP contribution in [0.5, 0.6) is 11.5 Å². The van der Waals surface area contributed by atoms with E-state index in [0.717, 1.165) is 47.2 Å². The number of Topliss-reactive ketones (excluding diaryl/α,β-unsaturated/α-hetero) is 2. The molecule has 0 N–H and O–H groups in total. The van der Waals surface area contributed by atoms with Crippen molar-refractivity contribution >= 4 is 22.5 Å². The fourth-order valence-electron chi connectivity index (χ4n) is 3.47. The number of carbonyl (C=O) groups is 2. The molecule has 1 aliphatic rings. The van der Waals surface area contributed by atoms with Crippen LogP contribution in [0, 0.1) is 0 Å². The zero-order valence-corrected chi connectivity index (χ0v) is 18.4. The van der Waals surface area contributed by atoms with Gasteiger partial charge in [-0.2, -0.15) is 0 Å². The minimum atomic E-state index is 0.158. The number of fused-ring (bicyclic) bond motifs is 2. The molecule has 0 radical (unpaired) electrons. The Morgan fingerprint density at radius 1 is 0.871 bits per heavy atom. The van der Waals surface area contributed by atoms with Crippen molar-refractivity contribution in [3.05, 3.63) is 65.4 Å². The van der Waals surface area contributed by atoms with Crippen LogP contribution in [-0.4, -0.2) is 23.3 Å². The normalized spacial score (nSPS) is 11.7. The molecular formula is C26H29NO4. The summed E-state index contributed by atoms with van der Waals surface area (Å²) in [6.45, 7) is 6.31. The molecule has 5 heteroatoms. The molecule has 3 aromatic rings. The van der Waals surface area contributed by atoms with Crippen molar-refractivity contribution in [3.63, 3.8) is 0 Å². The zero-order valence-electron chi connectivity index (χ0n) is 18.4. The Balaban J connectivity index is 0.000000179. The minimum absolute atomic E-state index is 0.158. The summed E-state index contributed by atoms with van der Waals surface area (Å²) < 4.78 is 10.4. The fourth-order valence-corrected chi connectivity index (χ4v) is 3.47. The van der Waals surface area contributed by atoms with Crippen molar-refractivity contribution in [2.24, 2.45) is 0 Å². The van der Waals surface area contributed by atoms with Gasteiger partial charge < -0.3 is 9.47 Å². The molecule has 31 heavy (non-hydrogen) atoms. The summed E-state index contributed by atoms with van der Waals surface area (Å²) in [5, 5.41) is 1.05. The molecular weight excluding hydrogens is 390 g/mol. The summed E-state index contributed by atoms with van der Waals surface area (Å²) >= 11 is 0. The van der Waals surface area contributed by atoms with Gasteiger partial charge in [-0.15, -0.1) is 0 Å². The van der Waals surface area contributed by atoms with E-state index in [9.17, 15) is 9.59 Å². The van der Waals surface area contributed by atoms with Crippen molar-refractivity contribution in [1.29, 1.82) is 0 Å². The lowest BCUT2D eigenvalue weighted by Gasteiger charge is -2.07. The van der Waals surface area contributed by atoms with Crippen molar-refractivity contribution in [3.8, 4) is 11.5 Å². The Morgan fingerprint density at radius 3 is 2.32 bits per heavy atom. The Bertz CT molecular complexity index is 1070. The summed E-state index contributed by atoms with van der Waals surface area (Å²) in [5.74, 6) is 1.76. The number of hydrogen-bond acceptors (Lipinski definition) is 5. The lowest BCUT2D eigenvalue weighted by atomic mass is 10.0. The molecule has 1 aromatic heterocycles. The van der Waals surface area contributed by atoms with Gasteiger partial charge in [-0.3, -0.25) is 14.6 Å². The zero-order chi connectivity index (χ0) is 22.2. The molecule has 4 rings (SSSR count). The van der Waals surface area contributed by atoms with E-state index < -0.39 is 0 Å². The van der Waals surface area contributed by atoms with E-state index in [2.05, 4.69) is 4.98 Å². The first-order valence-electron chi connectivity index (χ1n) is 10.9. The predicted octanol–water partition coefficient (Wildman–Crippen LogP) is 6.18. The van der Waals surface area contributed by atoms with E-state index in [0.29, 0.717) is 24.2 Å². The first kappa shape index (κ1) is 22.5. The lowest BCUT2D eigenvalue weighted by molar-refractivity contribution is 0.0973. The molecule has 0 saturated heterocycles. The van der Waals surface area contributed by atoms with Crippen LogP contribution >= 0.6 is 0 Å². The molecule has 2 aromatic carbocycles. The molecule has 2 heterocycles. The van der Waals surface area contributed by atoms with Gasteiger partial charge in [-0.1, -0.05) is 39.0 Å². The highest BCUT2D eigenvalue weighted by Crippen LogP contribution is 2.32. The quantitative estimate of drug-likeness (QED) is 0.428. The first-order chi connectivity index (χ1) is 15.1. The number of benzene rings is 2. The molecule has 0 spiro atoms. The van der Waals surface area contributed by atoms with Crippen LogP contribution in [0.2, 0.25) is 0 Å². The van der Waals surface area contributed by atoms with E-state index in [1.165, 1.54) is 0 Å². The summed E-state index contributed by atoms with van der Waals surface area (Å²) in [6, 6.07) is 15.2. The maximum atomic E-state index is 12.0. The largest absolute Gasteiger partial charge is 0.454 e. The van der Waals surface area contributed by atoms with Gasteiger partial charge in [-0.05, 0) is 49.6 Å². The van der Waals surface area contributed by atoms with Gasteiger partial charge in [0.1, 0.15) is 0 Å². The van der Waals surface area contributed by atoms with Crippen molar-refractivity contribution in [2.45, 2.75) is 52.9 Å². The van der Waals surface area contributed by atoms with E-state index >= 15 is 0 Å². The van der Waals surface area contributed by atoms with Crippen LogP contribution in [0.25, 0.3) is 10.9 Å². The van der Waals surface area contributed by atoms with Crippen LogP contribution in [0.15, 0.2) is 48.5 Å². The third-order valence-corrected chi connectivity index (χ3v) is 5.09. The second-order valence-corrected chi connectivity index (χ2v) is 7.44. The third-order valence-electron chi connectivity index (χ3n) is 5.09. The number of nitrogens with zero attached hydrogens (tertiary/aromatic N) is 1. The monoisotopic (exact) mass is 419 g/mol. The average molecular weight is 420 g/mol. The predicted molar refractivity (Wildman–Crippen MR) is 122 cm³/mol. The van der Waals surface area contributed by atoms with E-state index in [1.807, 2.05) is 51.1 Å².